The first-order valence-electron chi connectivity index (χ1n) is 8.44. The van der Waals surface area contributed by atoms with Gasteiger partial charge < -0.3 is 4.74 Å². The zero-order chi connectivity index (χ0) is 19.9. The number of nitrogens with zero attached hydrogens (tertiary/aromatic N) is 1. The molecule has 2 N–H and O–H groups in total. The van der Waals surface area contributed by atoms with Crippen molar-refractivity contribution >= 4 is 21.6 Å². The van der Waals surface area contributed by atoms with Crippen LogP contribution in [0, 0.1) is 11.3 Å². The third kappa shape index (κ3) is 3.48. The number of nitriles is 1. The molecule has 0 spiro atoms. The van der Waals surface area contributed by atoms with Gasteiger partial charge in [-0.25, -0.2) is 13.6 Å². The molecule has 1 unspecified atom stereocenters. The maximum absolute atomic E-state index is 11.5. The number of fused-ring (bicyclic) bond motifs is 3. The van der Waals surface area contributed by atoms with Gasteiger partial charge in [-0.05, 0) is 41.0 Å². The van der Waals surface area contributed by atoms with Gasteiger partial charge >= 0.3 is 0 Å². The summed E-state index contributed by atoms with van der Waals surface area (Å²) in [6, 6.07) is 20.1. The molecule has 0 saturated carbocycles. The van der Waals surface area contributed by atoms with Gasteiger partial charge in [0, 0.05) is 16.1 Å². The van der Waals surface area contributed by atoms with E-state index in [2.05, 4.69) is 6.07 Å². The van der Waals surface area contributed by atoms with Crippen molar-refractivity contribution in [2.24, 2.45) is 5.14 Å². The normalized spacial score (nSPS) is 15.1. The summed E-state index contributed by atoms with van der Waals surface area (Å²) < 4.78 is 29.3. The van der Waals surface area contributed by atoms with Gasteiger partial charge in [-0.3, -0.25) is 0 Å². The Morgan fingerprint density at radius 3 is 2.61 bits per heavy atom. The fourth-order valence-electron chi connectivity index (χ4n) is 3.49. The van der Waals surface area contributed by atoms with E-state index in [1.807, 2.05) is 30.3 Å². The predicted octanol–water partition coefficient (Wildman–Crippen LogP) is 4.15. The van der Waals surface area contributed by atoms with Gasteiger partial charge in [0.2, 0.25) is 10.0 Å². The zero-order valence-electron chi connectivity index (χ0n) is 14.6. The highest BCUT2D eigenvalue weighted by atomic mass is 35.5. The first-order chi connectivity index (χ1) is 13.4. The molecule has 3 aromatic carbocycles. The van der Waals surface area contributed by atoms with E-state index in [-0.39, 0.29) is 5.75 Å². The molecular formula is C21H15ClN2O3S. The Morgan fingerprint density at radius 1 is 1.11 bits per heavy atom. The number of hydrogen-bond acceptors (Lipinski definition) is 4. The van der Waals surface area contributed by atoms with E-state index in [0.29, 0.717) is 27.5 Å². The van der Waals surface area contributed by atoms with Crippen molar-refractivity contribution in [2.75, 3.05) is 0 Å². The van der Waals surface area contributed by atoms with Gasteiger partial charge in [-0.1, -0.05) is 48.0 Å². The summed E-state index contributed by atoms with van der Waals surface area (Å²) in [5.74, 6) is 0.311. The first kappa shape index (κ1) is 18.5. The van der Waals surface area contributed by atoms with E-state index in [1.54, 1.807) is 30.3 Å². The van der Waals surface area contributed by atoms with E-state index in [1.165, 1.54) is 0 Å². The molecule has 140 valence electrons. The summed E-state index contributed by atoms with van der Waals surface area (Å²) in [5.41, 5.74) is 4.15. The van der Waals surface area contributed by atoms with Gasteiger partial charge in [0.25, 0.3) is 0 Å². The molecule has 0 fully saturated rings. The third-order valence-corrected chi connectivity index (χ3v) is 5.55. The highest BCUT2D eigenvalue weighted by Gasteiger charge is 2.29. The number of primary sulfonamides is 1. The van der Waals surface area contributed by atoms with Gasteiger partial charge in [-0.2, -0.15) is 5.26 Å². The molecule has 0 bridgehead atoms. The maximum atomic E-state index is 11.5. The van der Waals surface area contributed by atoms with Gasteiger partial charge in [0.05, 0.1) is 17.4 Å². The SMILES string of the molecule is N#Cc1cccc2c1-c1ccc(CS(N)(=O)=O)cc1C(c1cccc(Cl)c1)O2. The fourth-order valence-corrected chi connectivity index (χ4v) is 4.33. The number of hydrogen-bond donors (Lipinski definition) is 1. The number of sulfonamides is 1. The van der Waals surface area contributed by atoms with E-state index in [0.717, 1.165) is 16.7 Å². The summed E-state index contributed by atoms with van der Waals surface area (Å²) in [4.78, 5) is 0. The highest BCUT2D eigenvalue weighted by Crippen LogP contribution is 2.46. The van der Waals surface area contributed by atoms with Crippen LogP contribution in [0.5, 0.6) is 5.75 Å². The highest BCUT2D eigenvalue weighted by molar-refractivity contribution is 7.88. The molecule has 1 aliphatic heterocycles. The van der Waals surface area contributed by atoms with E-state index in [4.69, 9.17) is 21.5 Å². The number of rotatable bonds is 3. The van der Waals surface area contributed by atoms with Crippen molar-refractivity contribution in [3.05, 3.63) is 87.9 Å². The van der Waals surface area contributed by atoms with Crippen LogP contribution < -0.4 is 9.88 Å². The molecule has 1 heterocycles. The van der Waals surface area contributed by atoms with Crippen LogP contribution in [0.4, 0.5) is 0 Å². The predicted molar refractivity (Wildman–Crippen MR) is 107 cm³/mol. The molecule has 0 saturated heterocycles. The monoisotopic (exact) mass is 410 g/mol. The Balaban J connectivity index is 1.95. The molecule has 7 heteroatoms. The lowest BCUT2D eigenvalue weighted by atomic mass is 9.86. The van der Waals surface area contributed by atoms with Crippen molar-refractivity contribution in [3.8, 4) is 22.9 Å². The molecule has 0 aromatic heterocycles. The number of ether oxygens (including phenoxy) is 1. The Hall–Kier alpha value is -2.85. The minimum Gasteiger partial charge on any atom is -0.480 e. The minimum absolute atomic E-state index is 0.282. The quantitative estimate of drug-likeness (QED) is 0.701. The van der Waals surface area contributed by atoms with Crippen LogP contribution in [0.25, 0.3) is 11.1 Å². The van der Waals surface area contributed by atoms with Crippen molar-refractivity contribution in [2.45, 2.75) is 11.9 Å². The van der Waals surface area contributed by atoms with E-state index in [9.17, 15) is 13.7 Å². The average molecular weight is 411 g/mol. The topological polar surface area (TPSA) is 93.2 Å². The summed E-state index contributed by atoms with van der Waals surface area (Å²) >= 11 is 6.16. The number of nitrogens with two attached hydrogens (primary N) is 1. The lowest BCUT2D eigenvalue weighted by Gasteiger charge is -2.30. The van der Waals surface area contributed by atoms with Gasteiger partial charge in [-0.15, -0.1) is 0 Å². The lowest BCUT2D eigenvalue weighted by molar-refractivity contribution is 0.243. The van der Waals surface area contributed by atoms with E-state index < -0.39 is 16.1 Å². The molecule has 5 nitrogen and oxygen atoms in total. The van der Waals surface area contributed by atoms with Crippen molar-refractivity contribution in [1.29, 1.82) is 5.26 Å². The molecule has 3 aromatic rings. The van der Waals surface area contributed by atoms with Gasteiger partial charge in [0.15, 0.2) is 0 Å². The molecule has 28 heavy (non-hydrogen) atoms. The smallest absolute Gasteiger partial charge is 0.213 e. The van der Waals surface area contributed by atoms with Crippen LogP contribution in [0.15, 0.2) is 60.7 Å². The maximum Gasteiger partial charge on any atom is 0.213 e. The summed E-state index contributed by atoms with van der Waals surface area (Å²) in [6.07, 6.45) is -0.490. The fraction of sp³-hybridized carbons (Fsp3) is 0.0952. The Kier molecular flexibility index (Phi) is 4.60. The van der Waals surface area contributed by atoms with Crippen molar-refractivity contribution < 1.29 is 13.2 Å². The summed E-state index contributed by atoms with van der Waals surface area (Å²) in [6.45, 7) is 0. The molecule has 0 aliphatic carbocycles. The standard InChI is InChI=1S/C21H15ClN2O3S/c22-16-5-1-3-14(10-16)21-18-9-13(12-28(24,25)26)7-8-17(18)20-15(11-23)4-2-6-19(20)27-21/h1-10,21H,12H2,(H2,24,25,26). The van der Waals surface area contributed by atoms with E-state index >= 15 is 0 Å². The average Bonchev–Trinajstić information content (AvgIpc) is 2.65. The van der Waals surface area contributed by atoms with Crippen LogP contribution in [0.3, 0.4) is 0 Å². The third-order valence-electron chi connectivity index (χ3n) is 4.58. The lowest BCUT2D eigenvalue weighted by Crippen LogP contribution is -2.18. The van der Waals surface area contributed by atoms with Crippen LogP contribution in [-0.4, -0.2) is 8.42 Å². The number of benzene rings is 3. The Labute approximate surface area is 168 Å². The second kappa shape index (κ2) is 6.95. The summed E-state index contributed by atoms with van der Waals surface area (Å²) in [5, 5.41) is 15.3. The minimum atomic E-state index is -3.68. The summed E-state index contributed by atoms with van der Waals surface area (Å²) in [7, 11) is -3.68. The van der Waals surface area contributed by atoms with Crippen LogP contribution in [0.1, 0.15) is 28.4 Å². The zero-order valence-corrected chi connectivity index (χ0v) is 16.2. The molecule has 0 radical (unpaired) electrons. The van der Waals surface area contributed by atoms with Crippen LogP contribution in [-0.2, 0) is 15.8 Å². The van der Waals surface area contributed by atoms with Crippen molar-refractivity contribution in [1.82, 2.24) is 0 Å². The molecular weight excluding hydrogens is 396 g/mol. The second-order valence-electron chi connectivity index (χ2n) is 6.57. The van der Waals surface area contributed by atoms with Crippen LogP contribution in [0.2, 0.25) is 5.02 Å². The van der Waals surface area contributed by atoms with Crippen molar-refractivity contribution in [3.63, 3.8) is 0 Å². The largest absolute Gasteiger partial charge is 0.480 e. The second-order valence-corrected chi connectivity index (χ2v) is 8.62. The molecule has 1 aliphatic rings. The molecule has 0 amide bonds. The van der Waals surface area contributed by atoms with Gasteiger partial charge in [0.1, 0.15) is 11.9 Å². The Morgan fingerprint density at radius 2 is 1.89 bits per heavy atom. The molecule has 1 atom stereocenters. The van der Waals surface area contributed by atoms with Crippen LogP contribution >= 0.6 is 11.6 Å². The first-order valence-corrected chi connectivity index (χ1v) is 10.5. The number of halogens is 1. The molecule has 4 rings (SSSR count). The Bertz CT molecular complexity index is 1230.